The van der Waals surface area contributed by atoms with Gasteiger partial charge < -0.3 is 18.8 Å². The second-order valence-corrected chi connectivity index (χ2v) is 6.42. The maximum absolute atomic E-state index is 5.97. The van der Waals surface area contributed by atoms with Crippen LogP contribution in [0.3, 0.4) is 0 Å². The molecule has 1 fully saturated rings. The minimum absolute atomic E-state index is 0.455. The van der Waals surface area contributed by atoms with Crippen molar-refractivity contribution in [2.45, 2.75) is 25.6 Å². The van der Waals surface area contributed by atoms with E-state index in [4.69, 9.17) is 14.2 Å². The lowest BCUT2D eigenvalue weighted by Gasteiger charge is -2.34. The monoisotopic (exact) mass is 345 g/mol. The number of ether oxygens (including phenoxy) is 3. The molecule has 0 spiro atoms. The molecule has 25 heavy (non-hydrogen) atoms. The largest absolute Gasteiger partial charge is 0.490 e. The molecule has 1 aliphatic heterocycles. The van der Waals surface area contributed by atoms with Crippen LogP contribution >= 0.6 is 0 Å². The third-order valence-corrected chi connectivity index (χ3v) is 4.63. The zero-order chi connectivity index (χ0) is 17.5. The molecule has 0 saturated carbocycles. The highest BCUT2D eigenvalue weighted by Gasteiger charge is 2.36. The van der Waals surface area contributed by atoms with Crippen LogP contribution in [0.2, 0.25) is 0 Å². The molecule has 2 aromatic rings. The third-order valence-electron chi connectivity index (χ3n) is 4.63. The van der Waals surface area contributed by atoms with Crippen molar-refractivity contribution in [1.29, 1.82) is 0 Å². The predicted octanol–water partition coefficient (Wildman–Crippen LogP) is 2.20. The van der Waals surface area contributed by atoms with Gasteiger partial charge in [0.05, 0.1) is 25.2 Å². The van der Waals surface area contributed by atoms with Gasteiger partial charge in [-0.05, 0) is 19.1 Å². The average Bonchev–Trinajstić information content (AvgIpc) is 3.00. The Labute approximate surface area is 149 Å². The Hall–Kier alpha value is -1.89. The van der Waals surface area contributed by atoms with Crippen LogP contribution in [0.1, 0.15) is 12.6 Å². The minimum atomic E-state index is -0.483. The molecular formula is C19H27N3O3. The summed E-state index contributed by atoms with van der Waals surface area (Å²) in [7, 11) is 1.73. The van der Waals surface area contributed by atoms with E-state index < -0.39 is 5.60 Å². The summed E-state index contributed by atoms with van der Waals surface area (Å²) >= 11 is 0. The fourth-order valence-corrected chi connectivity index (χ4v) is 3.11. The Balaban J connectivity index is 1.67. The number of methoxy groups -OCH3 is 1. The molecule has 0 unspecified atom stereocenters. The molecule has 2 heterocycles. The molecule has 0 radical (unpaired) electrons. The SMILES string of the molecule is CCn1cncc1CN1CCOC[C@@](COc2ccccc2)(OC)C1. The molecule has 1 atom stereocenters. The Morgan fingerprint density at radius 3 is 2.88 bits per heavy atom. The molecule has 0 aliphatic carbocycles. The first-order chi connectivity index (χ1) is 12.2. The quantitative estimate of drug-likeness (QED) is 0.770. The first-order valence-corrected chi connectivity index (χ1v) is 8.77. The number of para-hydroxylation sites is 1. The van der Waals surface area contributed by atoms with Gasteiger partial charge in [-0.1, -0.05) is 18.2 Å². The van der Waals surface area contributed by atoms with E-state index in [-0.39, 0.29) is 0 Å². The standard InChI is InChI=1S/C19H27N3O3/c1-3-22-16-20-11-17(22)12-21-9-10-24-14-19(13-21,23-2)15-25-18-7-5-4-6-8-18/h4-8,11,16H,3,9-10,12-15H2,1-2H3/t19-/m0/s1. The first kappa shape index (κ1) is 17.9. The van der Waals surface area contributed by atoms with Crippen LogP contribution in [0.25, 0.3) is 0 Å². The number of aryl methyl sites for hydroxylation is 1. The normalized spacial score (nSPS) is 21.8. The highest BCUT2D eigenvalue weighted by atomic mass is 16.6. The molecule has 0 bridgehead atoms. The molecule has 1 aromatic heterocycles. The number of hydrogen-bond acceptors (Lipinski definition) is 5. The Morgan fingerprint density at radius 1 is 1.28 bits per heavy atom. The van der Waals surface area contributed by atoms with Crippen molar-refractivity contribution in [1.82, 2.24) is 14.5 Å². The lowest BCUT2D eigenvalue weighted by molar-refractivity contribution is -0.0926. The number of benzene rings is 1. The van der Waals surface area contributed by atoms with Crippen LogP contribution in [0, 0.1) is 0 Å². The molecular weight excluding hydrogens is 318 g/mol. The van der Waals surface area contributed by atoms with Gasteiger partial charge in [0.2, 0.25) is 0 Å². The van der Waals surface area contributed by atoms with Crippen molar-refractivity contribution in [3.63, 3.8) is 0 Å². The molecule has 1 aliphatic rings. The molecule has 136 valence electrons. The van der Waals surface area contributed by atoms with Crippen molar-refractivity contribution in [3.05, 3.63) is 48.5 Å². The van der Waals surface area contributed by atoms with Crippen molar-refractivity contribution in [3.8, 4) is 5.75 Å². The fraction of sp³-hybridized carbons (Fsp3) is 0.526. The van der Waals surface area contributed by atoms with Gasteiger partial charge in [-0.25, -0.2) is 4.98 Å². The maximum Gasteiger partial charge on any atom is 0.137 e. The van der Waals surface area contributed by atoms with Gasteiger partial charge in [0.1, 0.15) is 18.0 Å². The van der Waals surface area contributed by atoms with Gasteiger partial charge in [-0.2, -0.15) is 0 Å². The van der Waals surface area contributed by atoms with Crippen molar-refractivity contribution in [2.24, 2.45) is 0 Å². The number of hydrogen-bond donors (Lipinski definition) is 0. The zero-order valence-electron chi connectivity index (χ0n) is 15.1. The topological polar surface area (TPSA) is 48.8 Å². The van der Waals surface area contributed by atoms with E-state index in [0.29, 0.717) is 19.8 Å². The fourth-order valence-electron chi connectivity index (χ4n) is 3.11. The van der Waals surface area contributed by atoms with E-state index in [0.717, 1.165) is 31.9 Å². The Kier molecular flexibility index (Phi) is 6.07. The molecule has 6 nitrogen and oxygen atoms in total. The minimum Gasteiger partial charge on any atom is -0.490 e. The summed E-state index contributed by atoms with van der Waals surface area (Å²) in [6.45, 7) is 7.17. The number of imidazole rings is 1. The lowest BCUT2D eigenvalue weighted by Crippen LogP contribution is -2.50. The summed E-state index contributed by atoms with van der Waals surface area (Å²) in [6, 6.07) is 9.83. The van der Waals surface area contributed by atoms with Crippen LogP contribution in [-0.4, -0.2) is 60.1 Å². The summed E-state index contributed by atoms with van der Waals surface area (Å²) in [4.78, 5) is 6.62. The highest BCUT2D eigenvalue weighted by Crippen LogP contribution is 2.21. The number of rotatable bonds is 7. The van der Waals surface area contributed by atoms with E-state index in [2.05, 4.69) is 21.4 Å². The van der Waals surface area contributed by atoms with Gasteiger partial charge in [0, 0.05) is 39.5 Å². The first-order valence-electron chi connectivity index (χ1n) is 8.77. The van der Waals surface area contributed by atoms with Gasteiger partial charge in [0.15, 0.2) is 0 Å². The van der Waals surface area contributed by atoms with E-state index in [1.807, 2.05) is 42.9 Å². The highest BCUT2D eigenvalue weighted by molar-refractivity contribution is 5.21. The van der Waals surface area contributed by atoms with Gasteiger partial charge in [-0.15, -0.1) is 0 Å². The van der Waals surface area contributed by atoms with E-state index in [9.17, 15) is 0 Å². The molecule has 6 heteroatoms. The molecule has 0 amide bonds. The van der Waals surface area contributed by atoms with Gasteiger partial charge >= 0.3 is 0 Å². The van der Waals surface area contributed by atoms with E-state index >= 15 is 0 Å². The Bertz CT molecular complexity index is 646. The smallest absolute Gasteiger partial charge is 0.137 e. The van der Waals surface area contributed by atoms with E-state index in [1.54, 1.807) is 7.11 Å². The van der Waals surface area contributed by atoms with Gasteiger partial charge in [-0.3, -0.25) is 4.90 Å². The Morgan fingerprint density at radius 2 is 2.12 bits per heavy atom. The van der Waals surface area contributed by atoms with Crippen LogP contribution in [-0.2, 0) is 22.6 Å². The number of nitrogens with zero attached hydrogens (tertiary/aromatic N) is 3. The van der Waals surface area contributed by atoms with E-state index in [1.165, 1.54) is 5.69 Å². The van der Waals surface area contributed by atoms with Crippen LogP contribution in [0.5, 0.6) is 5.75 Å². The van der Waals surface area contributed by atoms with Crippen molar-refractivity contribution in [2.75, 3.05) is 40.0 Å². The van der Waals surface area contributed by atoms with Crippen LogP contribution in [0.4, 0.5) is 0 Å². The summed E-state index contributed by atoms with van der Waals surface area (Å²) in [6.07, 6.45) is 3.82. The molecule has 1 saturated heterocycles. The number of aromatic nitrogens is 2. The van der Waals surface area contributed by atoms with Crippen LogP contribution < -0.4 is 4.74 Å². The second-order valence-electron chi connectivity index (χ2n) is 6.42. The molecule has 1 aromatic carbocycles. The molecule has 0 N–H and O–H groups in total. The molecule has 3 rings (SSSR count). The average molecular weight is 345 g/mol. The lowest BCUT2D eigenvalue weighted by atomic mass is 10.1. The van der Waals surface area contributed by atoms with Crippen molar-refractivity contribution >= 4 is 0 Å². The third kappa shape index (κ3) is 4.60. The summed E-state index contributed by atoms with van der Waals surface area (Å²) < 4.78 is 19.8. The predicted molar refractivity (Wildman–Crippen MR) is 95.7 cm³/mol. The van der Waals surface area contributed by atoms with Crippen molar-refractivity contribution < 1.29 is 14.2 Å². The summed E-state index contributed by atoms with van der Waals surface area (Å²) in [5.41, 5.74) is 0.724. The summed E-state index contributed by atoms with van der Waals surface area (Å²) in [5, 5.41) is 0. The van der Waals surface area contributed by atoms with Crippen LogP contribution in [0.15, 0.2) is 42.9 Å². The maximum atomic E-state index is 5.97. The second kappa shape index (κ2) is 8.47. The van der Waals surface area contributed by atoms with Gasteiger partial charge in [0.25, 0.3) is 0 Å². The summed E-state index contributed by atoms with van der Waals surface area (Å²) in [5.74, 6) is 0.846. The zero-order valence-corrected chi connectivity index (χ0v) is 15.1.